The number of aliphatic imine (C=N–C) groups is 1. The van der Waals surface area contributed by atoms with E-state index in [0.29, 0.717) is 25.1 Å². The molecule has 0 aromatic heterocycles. The van der Waals surface area contributed by atoms with Gasteiger partial charge in [0.05, 0.1) is 12.7 Å². The zero-order chi connectivity index (χ0) is 14.7. The molecule has 0 aliphatic carbocycles. The molecule has 19 heavy (non-hydrogen) atoms. The maximum atomic E-state index is 12.7. The summed E-state index contributed by atoms with van der Waals surface area (Å²) in [7, 11) is 1.62. The number of allylic oxidation sites excluding steroid dienone is 1. The lowest BCUT2D eigenvalue weighted by molar-refractivity contribution is 0.162. The first-order chi connectivity index (χ1) is 8.97. The number of hydrogen-bond donors (Lipinski definition) is 2. The number of hydrogen-bond acceptors (Lipinski definition) is 4. The number of rotatable bonds is 10. The highest BCUT2D eigenvalue weighted by atomic mass is 19.2. The van der Waals surface area contributed by atoms with Crippen molar-refractivity contribution in [1.29, 1.82) is 0 Å². The molecule has 1 unspecified atom stereocenters. The Labute approximate surface area is 112 Å². The Morgan fingerprint density at radius 2 is 2.16 bits per heavy atom. The van der Waals surface area contributed by atoms with Gasteiger partial charge in [-0.1, -0.05) is 6.58 Å². The highest BCUT2D eigenvalue weighted by Crippen LogP contribution is 2.09. The van der Waals surface area contributed by atoms with E-state index in [2.05, 4.69) is 16.9 Å². The van der Waals surface area contributed by atoms with Crippen molar-refractivity contribution in [1.82, 2.24) is 5.32 Å². The van der Waals surface area contributed by atoms with E-state index in [4.69, 9.17) is 4.74 Å². The molecule has 110 valence electrons. The predicted octanol–water partition coefficient (Wildman–Crippen LogP) is 2.12. The molecule has 0 amide bonds. The second-order valence-electron chi connectivity index (χ2n) is 4.13. The standard InChI is InChI=1S/C13H22F2N2O2/c1-10(9-17-13(15)11(2)14)8-12(18)4-5-16-6-7-19-3/h9,12,16,18H,1,4-8H2,2-3H3/b13-11+,17-9-. The van der Waals surface area contributed by atoms with Crippen molar-refractivity contribution in [3.05, 3.63) is 23.9 Å². The van der Waals surface area contributed by atoms with E-state index in [1.54, 1.807) is 7.11 Å². The maximum Gasteiger partial charge on any atom is 0.244 e. The van der Waals surface area contributed by atoms with Gasteiger partial charge in [-0.25, -0.2) is 9.38 Å². The Kier molecular flexibility index (Phi) is 10.1. The minimum Gasteiger partial charge on any atom is -0.393 e. The van der Waals surface area contributed by atoms with E-state index in [0.717, 1.165) is 19.7 Å². The zero-order valence-corrected chi connectivity index (χ0v) is 11.5. The molecule has 0 aliphatic rings. The summed E-state index contributed by atoms with van der Waals surface area (Å²) in [5.41, 5.74) is 0.445. The summed E-state index contributed by atoms with van der Waals surface area (Å²) in [5, 5.41) is 12.8. The van der Waals surface area contributed by atoms with Gasteiger partial charge in [0, 0.05) is 19.9 Å². The van der Waals surface area contributed by atoms with Gasteiger partial charge in [-0.05, 0) is 31.9 Å². The van der Waals surface area contributed by atoms with Crippen molar-refractivity contribution in [2.45, 2.75) is 25.9 Å². The Morgan fingerprint density at radius 1 is 1.47 bits per heavy atom. The van der Waals surface area contributed by atoms with Crippen molar-refractivity contribution in [3.8, 4) is 0 Å². The Hall–Kier alpha value is -1.11. The second kappa shape index (κ2) is 10.8. The lowest BCUT2D eigenvalue weighted by Gasteiger charge is -2.10. The first-order valence-corrected chi connectivity index (χ1v) is 6.08. The van der Waals surface area contributed by atoms with E-state index in [1.807, 2.05) is 0 Å². The zero-order valence-electron chi connectivity index (χ0n) is 11.5. The molecular weight excluding hydrogens is 254 g/mol. The van der Waals surface area contributed by atoms with E-state index >= 15 is 0 Å². The van der Waals surface area contributed by atoms with Crippen LogP contribution in [0.4, 0.5) is 8.78 Å². The number of ether oxygens (including phenoxy) is 1. The number of methoxy groups -OCH3 is 1. The van der Waals surface area contributed by atoms with Crippen LogP contribution in [0.15, 0.2) is 28.9 Å². The Balaban J connectivity index is 3.84. The molecular formula is C13H22F2N2O2. The minimum absolute atomic E-state index is 0.272. The monoisotopic (exact) mass is 276 g/mol. The fourth-order valence-corrected chi connectivity index (χ4v) is 1.26. The largest absolute Gasteiger partial charge is 0.393 e. The Morgan fingerprint density at radius 3 is 2.74 bits per heavy atom. The summed E-state index contributed by atoms with van der Waals surface area (Å²) in [6, 6.07) is 0. The Bertz CT molecular complexity index is 327. The van der Waals surface area contributed by atoms with Gasteiger partial charge < -0.3 is 15.2 Å². The highest BCUT2D eigenvalue weighted by molar-refractivity contribution is 5.78. The average molecular weight is 276 g/mol. The molecule has 0 bridgehead atoms. The molecule has 0 aromatic rings. The van der Waals surface area contributed by atoms with Crippen LogP contribution in [0.5, 0.6) is 0 Å². The van der Waals surface area contributed by atoms with E-state index in [-0.39, 0.29) is 6.42 Å². The van der Waals surface area contributed by atoms with Gasteiger partial charge in [0.1, 0.15) is 0 Å². The third kappa shape index (κ3) is 10.5. The molecule has 1 atom stereocenters. The minimum atomic E-state index is -1.17. The van der Waals surface area contributed by atoms with Crippen LogP contribution in [-0.2, 0) is 4.74 Å². The van der Waals surface area contributed by atoms with Gasteiger partial charge in [-0.2, -0.15) is 4.39 Å². The second-order valence-corrected chi connectivity index (χ2v) is 4.13. The third-order valence-electron chi connectivity index (χ3n) is 2.28. The van der Waals surface area contributed by atoms with Crippen LogP contribution in [0, 0.1) is 0 Å². The van der Waals surface area contributed by atoms with Gasteiger partial charge in [0.2, 0.25) is 5.95 Å². The molecule has 0 saturated heterocycles. The molecule has 0 fully saturated rings. The highest BCUT2D eigenvalue weighted by Gasteiger charge is 2.05. The summed E-state index contributed by atoms with van der Waals surface area (Å²) in [6.07, 6.45) is 1.35. The third-order valence-corrected chi connectivity index (χ3v) is 2.28. The first-order valence-electron chi connectivity index (χ1n) is 6.08. The van der Waals surface area contributed by atoms with Gasteiger partial charge in [-0.15, -0.1) is 0 Å². The van der Waals surface area contributed by atoms with E-state index < -0.39 is 17.9 Å². The lowest BCUT2D eigenvalue weighted by atomic mass is 10.1. The average Bonchev–Trinajstić information content (AvgIpc) is 2.35. The van der Waals surface area contributed by atoms with E-state index in [1.165, 1.54) is 0 Å². The molecule has 0 heterocycles. The summed E-state index contributed by atoms with van der Waals surface area (Å²) in [4.78, 5) is 3.27. The quantitative estimate of drug-likeness (QED) is 0.365. The van der Waals surface area contributed by atoms with Crippen molar-refractivity contribution in [3.63, 3.8) is 0 Å². The van der Waals surface area contributed by atoms with Crippen LogP contribution in [0.3, 0.4) is 0 Å². The van der Waals surface area contributed by atoms with Crippen molar-refractivity contribution in [2.24, 2.45) is 4.99 Å². The van der Waals surface area contributed by atoms with Crippen LogP contribution in [0.2, 0.25) is 0 Å². The van der Waals surface area contributed by atoms with Crippen LogP contribution in [0.25, 0.3) is 0 Å². The van der Waals surface area contributed by atoms with Gasteiger partial charge >= 0.3 is 0 Å². The molecule has 2 N–H and O–H groups in total. The molecule has 0 radical (unpaired) electrons. The van der Waals surface area contributed by atoms with Gasteiger partial charge in [-0.3, -0.25) is 0 Å². The fraction of sp³-hybridized carbons (Fsp3) is 0.615. The summed E-state index contributed by atoms with van der Waals surface area (Å²) in [6.45, 7) is 6.58. The summed E-state index contributed by atoms with van der Waals surface area (Å²) < 4.78 is 30.0. The van der Waals surface area contributed by atoms with Crippen LogP contribution in [0.1, 0.15) is 19.8 Å². The number of aliphatic hydroxyl groups is 1. The topological polar surface area (TPSA) is 53.9 Å². The van der Waals surface area contributed by atoms with Crippen molar-refractivity contribution in [2.75, 3.05) is 26.8 Å². The maximum absolute atomic E-state index is 12.7. The molecule has 0 rings (SSSR count). The first kappa shape index (κ1) is 17.9. The van der Waals surface area contributed by atoms with Crippen molar-refractivity contribution >= 4 is 6.21 Å². The summed E-state index contributed by atoms with van der Waals surface area (Å²) >= 11 is 0. The van der Waals surface area contributed by atoms with Gasteiger partial charge in [0.25, 0.3) is 0 Å². The number of nitrogens with one attached hydrogen (secondary N) is 1. The van der Waals surface area contributed by atoms with Crippen LogP contribution >= 0.6 is 0 Å². The molecule has 0 spiro atoms. The molecule has 0 aromatic carbocycles. The van der Waals surface area contributed by atoms with E-state index in [9.17, 15) is 13.9 Å². The SMILES string of the molecule is C=C(/C=N\C(F)=C(/C)F)CC(O)CCNCCOC. The molecule has 6 heteroatoms. The smallest absolute Gasteiger partial charge is 0.244 e. The van der Waals surface area contributed by atoms with Crippen LogP contribution < -0.4 is 5.32 Å². The number of aliphatic hydroxyl groups excluding tert-OH is 1. The van der Waals surface area contributed by atoms with Crippen molar-refractivity contribution < 1.29 is 18.6 Å². The molecule has 4 nitrogen and oxygen atoms in total. The van der Waals surface area contributed by atoms with Gasteiger partial charge in [0.15, 0.2) is 5.83 Å². The predicted molar refractivity (Wildman–Crippen MR) is 72.5 cm³/mol. The molecule has 0 saturated carbocycles. The number of nitrogens with zero attached hydrogens (tertiary/aromatic N) is 1. The number of halogens is 2. The fourth-order valence-electron chi connectivity index (χ4n) is 1.26. The lowest BCUT2D eigenvalue weighted by Crippen LogP contribution is -2.24. The van der Waals surface area contributed by atoms with Crippen LogP contribution in [-0.4, -0.2) is 44.2 Å². The summed E-state index contributed by atoms with van der Waals surface area (Å²) in [5.74, 6) is -2.15. The normalized spacial score (nSPS) is 14.6. The molecule has 0 aliphatic heterocycles.